The molecule has 1 N–H and O–H groups in total. The molecule has 1 heterocycles. The van der Waals surface area contributed by atoms with Gasteiger partial charge in [0.15, 0.2) is 5.76 Å². The van der Waals surface area contributed by atoms with Crippen LogP contribution >= 0.6 is 11.3 Å². The zero-order chi connectivity index (χ0) is 14.0. The van der Waals surface area contributed by atoms with Crippen molar-refractivity contribution in [2.75, 3.05) is 6.61 Å². The van der Waals surface area contributed by atoms with Crippen molar-refractivity contribution in [2.45, 2.75) is 19.8 Å². The highest BCUT2D eigenvalue weighted by Crippen LogP contribution is 2.29. The molecule has 1 aromatic heterocycles. The second kappa shape index (κ2) is 5.13. The van der Waals surface area contributed by atoms with Crippen molar-refractivity contribution < 1.29 is 18.6 Å². The number of hydrogen-bond acceptors (Lipinski definition) is 4. The lowest BCUT2D eigenvalue weighted by atomic mass is 10.3. The lowest BCUT2D eigenvalue weighted by Crippen LogP contribution is -2.12. The summed E-state index contributed by atoms with van der Waals surface area (Å²) in [6, 6.07) is 5.33. The van der Waals surface area contributed by atoms with Gasteiger partial charge in [0, 0.05) is 13.0 Å². The van der Waals surface area contributed by atoms with E-state index in [4.69, 9.17) is 4.74 Å². The summed E-state index contributed by atoms with van der Waals surface area (Å²) in [6.07, 6.45) is 0.991. The predicted octanol–water partition coefficient (Wildman–Crippen LogP) is 4.25. The van der Waals surface area contributed by atoms with Crippen molar-refractivity contribution in [3.05, 3.63) is 29.0 Å². The maximum absolute atomic E-state index is 12.9. The zero-order valence-corrected chi connectivity index (χ0v) is 11.3. The number of allylic oxidation sites excluding steroid dienone is 1. The summed E-state index contributed by atoms with van der Waals surface area (Å²) >= 11 is 1.22. The van der Waals surface area contributed by atoms with Gasteiger partial charge in [-0.25, -0.2) is 4.98 Å². The molecule has 6 heteroatoms. The van der Waals surface area contributed by atoms with Crippen LogP contribution in [0.3, 0.4) is 0 Å². The summed E-state index contributed by atoms with van der Waals surface area (Å²) in [7, 11) is 0. The monoisotopic (exact) mass is 285 g/mol. The molecule has 0 radical (unpaired) electrons. The van der Waals surface area contributed by atoms with Crippen LogP contribution < -0.4 is 4.74 Å². The summed E-state index contributed by atoms with van der Waals surface area (Å²) in [6.45, 7) is 3.08. The molecule has 0 saturated carbocycles. The van der Waals surface area contributed by atoms with Crippen molar-refractivity contribution in [1.82, 2.24) is 4.98 Å². The molecule has 2 rings (SSSR count). The fraction of sp³-hybridized carbons (Fsp3) is 0.308. The normalized spacial score (nSPS) is 12.9. The van der Waals surface area contributed by atoms with E-state index in [1.165, 1.54) is 11.3 Å². The van der Waals surface area contributed by atoms with Crippen molar-refractivity contribution in [3.63, 3.8) is 0 Å². The van der Waals surface area contributed by atoms with E-state index in [9.17, 15) is 13.9 Å². The van der Waals surface area contributed by atoms with Crippen LogP contribution in [0.4, 0.5) is 8.78 Å². The van der Waals surface area contributed by atoms with E-state index in [0.717, 1.165) is 10.8 Å². The average molecular weight is 285 g/mol. The molecule has 0 unspecified atom stereocenters. The summed E-state index contributed by atoms with van der Waals surface area (Å²) in [5.41, 5.74) is 0.687. The Morgan fingerprint density at radius 2 is 2.26 bits per heavy atom. The molecule has 102 valence electrons. The second-order valence-corrected chi connectivity index (χ2v) is 5.09. The van der Waals surface area contributed by atoms with E-state index in [1.54, 1.807) is 18.2 Å². The molecule has 0 atom stereocenters. The summed E-state index contributed by atoms with van der Waals surface area (Å²) in [5.74, 6) is -3.54. The molecular weight excluding hydrogens is 272 g/mol. The number of halogens is 2. The minimum absolute atomic E-state index is 0.336. The van der Waals surface area contributed by atoms with Gasteiger partial charge >= 0.3 is 5.92 Å². The van der Waals surface area contributed by atoms with Crippen molar-refractivity contribution in [1.29, 1.82) is 0 Å². The Morgan fingerprint density at radius 1 is 1.53 bits per heavy atom. The first kappa shape index (κ1) is 13.7. The van der Waals surface area contributed by atoms with E-state index in [2.05, 4.69) is 4.98 Å². The Balaban J connectivity index is 2.37. The van der Waals surface area contributed by atoms with Gasteiger partial charge in [-0.15, -0.1) is 11.3 Å². The van der Waals surface area contributed by atoms with Crippen LogP contribution in [0.25, 0.3) is 16.3 Å². The van der Waals surface area contributed by atoms with Gasteiger partial charge in [0.2, 0.25) is 0 Å². The Kier molecular flexibility index (Phi) is 3.71. The van der Waals surface area contributed by atoms with Crippen LogP contribution in [0, 0.1) is 0 Å². The van der Waals surface area contributed by atoms with Crippen LogP contribution in [-0.2, 0) is 0 Å². The highest BCUT2D eigenvalue weighted by atomic mass is 32.1. The summed E-state index contributed by atoms with van der Waals surface area (Å²) < 4.78 is 31.9. The standard InChI is InChI=1S/C13H13F2NO2S/c1-3-18-8-4-5-9-10(6-8)19-12(16-9)7-11(17)13(2,14)15/h4-7,17H,3H2,1-2H3/b11-7-. The number of benzene rings is 1. The number of hydrogen-bond donors (Lipinski definition) is 1. The topological polar surface area (TPSA) is 42.4 Å². The quantitative estimate of drug-likeness (QED) is 0.854. The lowest BCUT2D eigenvalue weighted by Gasteiger charge is -2.07. The summed E-state index contributed by atoms with van der Waals surface area (Å²) in [5, 5.41) is 9.59. The van der Waals surface area contributed by atoms with Crippen LogP contribution in [0.15, 0.2) is 24.0 Å². The lowest BCUT2D eigenvalue weighted by molar-refractivity contribution is 0.0208. The van der Waals surface area contributed by atoms with E-state index < -0.39 is 11.7 Å². The van der Waals surface area contributed by atoms with Crippen molar-refractivity contribution in [2.24, 2.45) is 0 Å². The number of rotatable bonds is 4. The first-order valence-corrected chi connectivity index (χ1v) is 6.54. The van der Waals surface area contributed by atoms with Gasteiger partial charge in [0.1, 0.15) is 10.8 Å². The third-order valence-electron chi connectivity index (χ3n) is 2.40. The van der Waals surface area contributed by atoms with Gasteiger partial charge < -0.3 is 9.84 Å². The fourth-order valence-electron chi connectivity index (χ4n) is 1.48. The minimum atomic E-state index is -3.26. The third-order valence-corrected chi connectivity index (χ3v) is 3.36. The minimum Gasteiger partial charge on any atom is -0.506 e. The molecule has 0 spiro atoms. The van der Waals surface area contributed by atoms with E-state index >= 15 is 0 Å². The number of ether oxygens (including phenoxy) is 1. The Hall–Kier alpha value is -1.69. The number of aliphatic hydroxyl groups excluding tert-OH is 1. The van der Waals surface area contributed by atoms with Crippen LogP contribution in [0.1, 0.15) is 18.9 Å². The SMILES string of the molecule is CCOc1ccc2nc(/C=C(\O)C(C)(F)F)sc2c1. The number of aromatic nitrogens is 1. The predicted molar refractivity (Wildman–Crippen MR) is 72.0 cm³/mol. The number of aliphatic hydroxyl groups is 1. The Bertz CT molecular complexity index is 617. The molecule has 0 aliphatic heterocycles. The summed E-state index contributed by atoms with van der Waals surface area (Å²) in [4.78, 5) is 4.16. The second-order valence-electron chi connectivity index (χ2n) is 4.03. The van der Waals surface area contributed by atoms with Crippen LogP contribution in [0.2, 0.25) is 0 Å². The Morgan fingerprint density at radius 3 is 2.89 bits per heavy atom. The number of fused-ring (bicyclic) bond motifs is 1. The van der Waals surface area contributed by atoms with E-state index in [1.807, 2.05) is 6.92 Å². The Labute approximate surface area is 113 Å². The molecule has 0 aliphatic rings. The van der Waals surface area contributed by atoms with Crippen molar-refractivity contribution in [3.8, 4) is 5.75 Å². The van der Waals surface area contributed by atoms with Crippen LogP contribution in [0.5, 0.6) is 5.75 Å². The molecule has 0 aliphatic carbocycles. The molecule has 1 aromatic carbocycles. The highest BCUT2D eigenvalue weighted by molar-refractivity contribution is 7.19. The molecule has 0 fully saturated rings. The van der Waals surface area contributed by atoms with E-state index in [-0.39, 0.29) is 0 Å². The fourth-order valence-corrected chi connectivity index (χ4v) is 2.42. The molecule has 19 heavy (non-hydrogen) atoms. The molecule has 0 saturated heterocycles. The van der Waals surface area contributed by atoms with Gasteiger partial charge in [-0.3, -0.25) is 0 Å². The maximum Gasteiger partial charge on any atom is 0.301 e. The third kappa shape index (κ3) is 3.20. The number of alkyl halides is 2. The van der Waals surface area contributed by atoms with Crippen LogP contribution in [-0.4, -0.2) is 22.6 Å². The zero-order valence-electron chi connectivity index (χ0n) is 10.5. The molecular formula is C13H13F2NO2S. The van der Waals surface area contributed by atoms with Crippen molar-refractivity contribution >= 4 is 27.6 Å². The first-order valence-electron chi connectivity index (χ1n) is 5.72. The van der Waals surface area contributed by atoms with Gasteiger partial charge in [-0.2, -0.15) is 8.78 Å². The number of thiazole rings is 1. The largest absolute Gasteiger partial charge is 0.506 e. The maximum atomic E-state index is 12.9. The molecule has 0 bridgehead atoms. The smallest absolute Gasteiger partial charge is 0.301 e. The number of nitrogens with zero attached hydrogens (tertiary/aromatic N) is 1. The first-order chi connectivity index (χ1) is 8.90. The van der Waals surface area contributed by atoms with Gasteiger partial charge in [-0.05, 0) is 25.1 Å². The van der Waals surface area contributed by atoms with Gasteiger partial charge in [0.05, 0.1) is 16.8 Å². The molecule has 2 aromatic rings. The van der Waals surface area contributed by atoms with E-state index in [0.29, 0.717) is 29.8 Å². The molecule has 0 amide bonds. The van der Waals surface area contributed by atoms with Gasteiger partial charge in [0.25, 0.3) is 0 Å². The van der Waals surface area contributed by atoms with Gasteiger partial charge in [-0.1, -0.05) is 0 Å². The average Bonchev–Trinajstić information content (AvgIpc) is 2.69. The molecule has 3 nitrogen and oxygen atoms in total. The highest BCUT2D eigenvalue weighted by Gasteiger charge is 2.27.